The molecule has 186 valence electrons. The average Bonchev–Trinajstić information content (AvgIpc) is 3.37. The Bertz CT molecular complexity index is 1420. The fourth-order valence-corrected chi connectivity index (χ4v) is 5.10. The molecule has 1 aliphatic rings. The van der Waals surface area contributed by atoms with E-state index in [0.717, 1.165) is 39.3 Å². The van der Waals surface area contributed by atoms with Crippen LogP contribution in [-0.2, 0) is 11.3 Å². The van der Waals surface area contributed by atoms with Gasteiger partial charge in [0.1, 0.15) is 6.61 Å². The Morgan fingerprint density at radius 1 is 1.11 bits per heavy atom. The molecule has 1 saturated heterocycles. The van der Waals surface area contributed by atoms with Crippen LogP contribution in [0.4, 0.5) is 10.5 Å². The maximum atomic E-state index is 12.6. The van der Waals surface area contributed by atoms with Gasteiger partial charge in [0.25, 0.3) is 0 Å². The van der Waals surface area contributed by atoms with Gasteiger partial charge in [0.15, 0.2) is 0 Å². The number of β-amino-alcohol motifs (C(OH)–C–C–N with tert-alkyl or cyclic N) is 1. The molecule has 0 bridgehead atoms. The van der Waals surface area contributed by atoms with Crippen LogP contribution in [0.3, 0.4) is 0 Å². The van der Waals surface area contributed by atoms with E-state index in [9.17, 15) is 9.90 Å². The molecule has 36 heavy (non-hydrogen) atoms. The summed E-state index contributed by atoms with van der Waals surface area (Å²) in [6.45, 7) is 4.61. The van der Waals surface area contributed by atoms with Crippen LogP contribution in [0.25, 0.3) is 16.8 Å². The third-order valence-electron chi connectivity index (χ3n) is 6.33. The average molecular weight is 525 g/mol. The molecule has 3 heterocycles. The summed E-state index contributed by atoms with van der Waals surface area (Å²) in [6.07, 6.45) is -1.19. The number of nitrogens with zero attached hydrogens (tertiary/aromatic N) is 3. The van der Waals surface area contributed by atoms with Crippen LogP contribution >= 0.6 is 23.2 Å². The summed E-state index contributed by atoms with van der Waals surface area (Å²) in [4.78, 5) is 14.1. The van der Waals surface area contributed by atoms with Gasteiger partial charge in [-0.3, -0.25) is 0 Å². The first kappa shape index (κ1) is 24.4. The number of carbonyl (C=O) groups is 1. The van der Waals surface area contributed by atoms with E-state index in [1.165, 1.54) is 4.90 Å². The zero-order chi connectivity index (χ0) is 25.4. The molecular weight excluding hydrogens is 499 g/mol. The van der Waals surface area contributed by atoms with E-state index in [4.69, 9.17) is 33.0 Å². The highest BCUT2D eigenvalue weighted by atomic mass is 35.5. The van der Waals surface area contributed by atoms with Crippen molar-refractivity contribution in [2.75, 3.05) is 18.4 Å². The number of ether oxygens (including phenoxy) is 1. The van der Waals surface area contributed by atoms with Crippen molar-refractivity contribution in [3.05, 3.63) is 87.5 Å². The Morgan fingerprint density at radius 2 is 1.89 bits per heavy atom. The van der Waals surface area contributed by atoms with E-state index in [0.29, 0.717) is 16.6 Å². The van der Waals surface area contributed by atoms with Gasteiger partial charge in [-0.1, -0.05) is 53.5 Å². The van der Waals surface area contributed by atoms with E-state index >= 15 is 0 Å². The fourth-order valence-electron chi connectivity index (χ4n) is 4.60. The van der Waals surface area contributed by atoms with E-state index in [1.54, 1.807) is 12.1 Å². The Kier molecular flexibility index (Phi) is 6.79. The number of aryl methyl sites for hydroxylation is 2. The number of likely N-dealkylation sites (tertiary alicyclic amines) is 1. The summed E-state index contributed by atoms with van der Waals surface area (Å²) in [5.74, 6) is 0. The molecule has 2 N–H and O–H groups in total. The molecule has 1 amide bonds. The van der Waals surface area contributed by atoms with Gasteiger partial charge in [-0.05, 0) is 55.3 Å². The van der Waals surface area contributed by atoms with Crippen LogP contribution in [0.1, 0.15) is 16.8 Å². The van der Waals surface area contributed by atoms with E-state index in [1.807, 2.05) is 66.9 Å². The molecule has 7 nitrogen and oxygen atoms in total. The number of anilines is 1. The smallest absolute Gasteiger partial charge is 0.410 e. The van der Waals surface area contributed by atoms with Crippen molar-refractivity contribution in [3.63, 3.8) is 0 Å². The van der Waals surface area contributed by atoms with Gasteiger partial charge < -0.3 is 20.1 Å². The number of nitrogens with one attached hydrogen (secondary N) is 1. The summed E-state index contributed by atoms with van der Waals surface area (Å²) in [6, 6.07) is 18.5. The lowest BCUT2D eigenvalue weighted by Gasteiger charge is -2.19. The largest absolute Gasteiger partial charge is 0.445 e. The molecule has 0 saturated carbocycles. The second kappa shape index (κ2) is 10.0. The van der Waals surface area contributed by atoms with Gasteiger partial charge in [0.2, 0.25) is 0 Å². The highest BCUT2D eigenvalue weighted by Crippen LogP contribution is 2.36. The van der Waals surface area contributed by atoms with Crippen molar-refractivity contribution < 1.29 is 14.6 Å². The third kappa shape index (κ3) is 4.87. The van der Waals surface area contributed by atoms with E-state index < -0.39 is 12.2 Å². The van der Waals surface area contributed by atoms with Crippen molar-refractivity contribution in [3.8, 4) is 11.3 Å². The minimum absolute atomic E-state index is 0.188. The molecule has 0 aliphatic carbocycles. The van der Waals surface area contributed by atoms with Crippen molar-refractivity contribution in [2.45, 2.75) is 32.6 Å². The molecular formula is C27H26Cl2N4O3. The van der Waals surface area contributed by atoms with Crippen LogP contribution in [0.2, 0.25) is 10.0 Å². The van der Waals surface area contributed by atoms with E-state index in [-0.39, 0.29) is 19.2 Å². The maximum Gasteiger partial charge on any atom is 0.410 e. The Balaban J connectivity index is 1.37. The number of aliphatic hydroxyl groups excluding tert-OH is 1. The number of benzene rings is 2. The summed E-state index contributed by atoms with van der Waals surface area (Å²) in [5, 5.41) is 20.0. The number of halogens is 2. The van der Waals surface area contributed by atoms with Crippen LogP contribution in [0.15, 0.2) is 60.7 Å². The molecule has 4 aromatic rings. The second-order valence-corrected chi connectivity index (χ2v) is 9.90. The topological polar surface area (TPSA) is 79.1 Å². The van der Waals surface area contributed by atoms with Crippen molar-refractivity contribution in [1.82, 2.24) is 14.5 Å². The molecule has 9 heteroatoms. The van der Waals surface area contributed by atoms with Crippen molar-refractivity contribution in [1.29, 1.82) is 0 Å². The number of aromatic nitrogens is 2. The molecule has 0 radical (unpaired) electrons. The molecule has 2 atom stereocenters. The Labute approximate surface area is 219 Å². The van der Waals surface area contributed by atoms with Crippen LogP contribution < -0.4 is 5.32 Å². The standard InChI is InChI=1S/C27H26Cl2N4O3/c1-16-10-24-22(11-17(2)31-33(24)26(16)20-9-8-19(28)12-21(20)29)30-23-13-32(14-25(23)34)27(35)36-15-18-6-4-3-5-7-18/h3-12,23,25,30,34H,13-15H2,1-2H3/t23-,25+/m1/s1. The number of rotatable bonds is 5. The molecule has 0 unspecified atom stereocenters. The molecule has 2 aromatic heterocycles. The van der Waals surface area contributed by atoms with Gasteiger partial charge in [0.05, 0.1) is 46.3 Å². The quantitative estimate of drug-likeness (QED) is 0.349. The number of carbonyl (C=O) groups excluding carboxylic acids is 1. The van der Waals surface area contributed by atoms with Gasteiger partial charge in [0, 0.05) is 17.1 Å². The monoisotopic (exact) mass is 524 g/mol. The molecule has 2 aromatic carbocycles. The number of hydrogen-bond acceptors (Lipinski definition) is 5. The van der Waals surface area contributed by atoms with Gasteiger partial charge in [-0.15, -0.1) is 0 Å². The zero-order valence-electron chi connectivity index (χ0n) is 19.9. The highest BCUT2D eigenvalue weighted by molar-refractivity contribution is 6.36. The van der Waals surface area contributed by atoms with Crippen LogP contribution in [-0.4, -0.2) is 50.9 Å². The van der Waals surface area contributed by atoms with Gasteiger partial charge in [-0.25, -0.2) is 9.31 Å². The first-order chi connectivity index (χ1) is 17.3. The number of aliphatic hydroxyl groups is 1. The normalized spacial score (nSPS) is 17.5. The fraction of sp³-hybridized carbons (Fsp3) is 0.259. The first-order valence-corrected chi connectivity index (χ1v) is 12.4. The van der Waals surface area contributed by atoms with Crippen molar-refractivity contribution >= 4 is 40.5 Å². The molecule has 0 spiro atoms. The summed E-state index contributed by atoms with van der Waals surface area (Å²) < 4.78 is 7.30. The highest BCUT2D eigenvalue weighted by Gasteiger charge is 2.35. The van der Waals surface area contributed by atoms with Crippen LogP contribution in [0, 0.1) is 13.8 Å². The van der Waals surface area contributed by atoms with Crippen molar-refractivity contribution in [2.24, 2.45) is 0 Å². The molecule has 5 rings (SSSR count). The minimum Gasteiger partial charge on any atom is -0.445 e. The van der Waals surface area contributed by atoms with Gasteiger partial charge >= 0.3 is 6.09 Å². The van der Waals surface area contributed by atoms with Gasteiger partial charge in [-0.2, -0.15) is 5.10 Å². The second-order valence-electron chi connectivity index (χ2n) is 9.06. The lowest BCUT2D eigenvalue weighted by atomic mass is 10.1. The molecule has 1 aliphatic heterocycles. The lowest BCUT2D eigenvalue weighted by Crippen LogP contribution is -2.33. The summed E-state index contributed by atoms with van der Waals surface area (Å²) >= 11 is 12.6. The summed E-state index contributed by atoms with van der Waals surface area (Å²) in [7, 11) is 0. The lowest BCUT2D eigenvalue weighted by molar-refractivity contribution is 0.0971. The number of hydrogen-bond donors (Lipinski definition) is 2. The minimum atomic E-state index is -0.746. The number of fused-ring (bicyclic) bond motifs is 1. The molecule has 1 fully saturated rings. The zero-order valence-corrected chi connectivity index (χ0v) is 21.4. The Morgan fingerprint density at radius 3 is 2.64 bits per heavy atom. The Hall–Kier alpha value is -3.26. The SMILES string of the molecule is Cc1cc(N[C@@H]2CN(C(=O)OCc3ccccc3)C[C@@H]2O)c2cc(C)c(-c3ccc(Cl)cc3Cl)n2n1. The first-order valence-electron chi connectivity index (χ1n) is 11.7. The van der Waals surface area contributed by atoms with Crippen LogP contribution in [0.5, 0.6) is 0 Å². The predicted molar refractivity (Wildman–Crippen MR) is 142 cm³/mol. The predicted octanol–water partition coefficient (Wildman–Crippen LogP) is 5.72. The summed E-state index contributed by atoms with van der Waals surface area (Å²) in [5.41, 5.74) is 6.06. The third-order valence-corrected chi connectivity index (χ3v) is 6.88. The maximum absolute atomic E-state index is 12.6. The van der Waals surface area contributed by atoms with E-state index in [2.05, 4.69) is 5.32 Å². The number of amides is 1.